The number of hydrogen-bond donors (Lipinski definition) is 2. The van der Waals surface area contributed by atoms with Crippen molar-refractivity contribution in [3.63, 3.8) is 0 Å². The lowest BCUT2D eigenvalue weighted by Gasteiger charge is -2.45. The number of nitro groups is 1. The summed E-state index contributed by atoms with van der Waals surface area (Å²) < 4.78 is 44.2. The quantitative estimate of drug-likeness (QED) is 0.160. The molecule has 4 aromatic rings. The van der Waals surface area contributed by atoms with Gasteiger partial charge >= 0.3 is 6.01 Å². The second kappa shape index (κ2) is 10.7. The van der Waals surface area contributed by atoms with Crippen LogP contribution in [-0.4, -0.2) is 64.5 Å². The molecule has 4 aliphatic heterocycles. The van der Waals surface area contributed by atoms with Crippen molar-refractivity contribution < 1.29 is 28.3 Å². The van der Waals surface area contributed by atoms with Gasteiger partial charge in [0, 0.05) is 47.6 Å². The Labute approximate surface area is 262 Å². The lowest BCUT2D eigenvalue weighted by molar-refractivity contribution is -0.384. The zero-order chi connectivity index (χ0) is 31.7. The number of benzene rings is 3. The van der Waals surface area contributed by atoms with Gasteiger partial charge in [0.1, 0.15) is 22.9 Å². The monoisotopic (exact) mass is 627 g/mol. The van der Waals surface area contributed by atoms with Crippen LogP contribution in [0.2, 0.25) is 0 Å². The van der Waals surface area contributed by atoms with Crippen LogP contribution in [0.15, 0.2) is 30.3 Å². The molecule has 1 aromatic heterocycles. The van der Waals surface area contributed by atoms with Gasteiger partial charge in [-0.05, 0) is 62.1 Å². The molecule has 10 nitrogen and oxygen atoms in total. The third kappa shape index (κ3) is 4.68. The number of fused-ring (bicyclic) bond motifs is 7. The van der Waals surface area contributed by atoms with Gasteiger partial charge in [-0.25, -0.2) is 8.78 Å². The Morgan fingerprint density at radius 3 is 2.59 bits per heavy atom. The number of hydrogen-bond acceptors (Lipinski definition) is 9. The van der Waals surface area contributed by atoms with Crippen molar-refractivity contribution in [2.75, 3.05) is 31.2 Å². The summed E-state index contributed by atoms with van der Waals surface area (Å²) >= 11 is 0. The first-order valence-electron chi connectivity index (χ1n) is 15.6. The van der Waals surface area contributed by atoms with Gasteiger partial charge in [0.2, 0.25) is 0 Å². The average molecular weight is 628 g/mol. The number of nitro benzene ring substituents is 1. The number of terminal acetylenes is 1. The molecule has 1 saturated carbocycles. The van der Waals surface area contributed by atoms with Crippen LogP contribution >= 0.6 is 0 Å². The Kier molecular flexibility index (Phi) is 6.74. The summed E-state index contributed by atoms with van der Waals surface area (Å²) in [5.74, 6) is 0.580. The van der Waals surface area contributed by atoms with Crippen LogP contribution < -0.4 is 15.0 Å². The molecule has 2 atom stereocenters. The van der Waals surface area contributed by atoms with Crippen molar-refractivity contribution >= 4 is 33.2 Å². The van der Waals surface area contributed by atoms with Crippen LogP contribution in [0.25, 0.3) is 32.8 Å². The number of nitrogens with zero attached hydrogens (tertiary/aromatic N) is 4. The third-order valence-corrected chi connectivity index (χ3v) is 10.2. The second-order valence-corrected chi connectivity index (χ2v) is 13.1. The fourth-order valence-electron chi connectivity index (χ4n) is 7.83. The van der Waals surface area contributed by atoms with Crippen molar-refractivity contribution in [3.8, 4) is 35.2 Å². The molecule has 0 radical (unpaired) electrons. The maximum Gasteiger partial charge on any atom is 0.319 e. The summed E-state index contributed by atoms with van der Waals surface area (Å²) in [6.07, 6.45) is 11.7. The minimum Gasteiger partial charge on any atom is -0.508 e. The van der Waals surface area contributed by atoms with Gasteiger partial charge in [0.15, 0.2) is 5.82 Å². The Hall–Kier alpha value is -4.60. The van der Waals surface area contributed by atoms with Gasteiger partial charge < -0.3 is 24.8 Å². The van der Waals surface area contributed by atoms with Gasteiger partial charge in [-0.2, -0.15) is 9.97 Å². The smallest absolute Gasteiger partial charge is 0.319 e. The largest absolute Gasteiger partial charge is 0.508 e. The topological polar surface area (TPSA) is 123 Å². The number of anilines is 1. The standard InChI is InChI=1S/C34H31F2N5O5/c1-2-23-26(35)6-3-18-11-21(42)12-24(28(18)23)29-27(41(43)44)13-25-31(30(29)36)38-33(46-17-34-9-7-22(8-10-34)45-16-34)39-32(25)40-14-19-4-5-20(15-40)37-19/h1,3,6,11-13,19-20,22,37,42H,4-5,7-10,14-17H2/t19-,20+,22?,34?. The van der Waals surface area contributed by atoms with Gasteiger partial charge in [0.25, 0.3) is 5.69 Å². The first kappa shape index (κ1) is 28.8. The van der Waals surface area contributed by atoms with Crippen LogP contribution in [0.3, 0.4) is 0 Å². The first-order valence-corrected chi connectivity index (χ1v) is 15.6. The number of rotatable bonds is 6. The molecule has 0 unspecified atom stereocenters. The Morgan fingerprint density at radius 1 is 1.15 bits per heavy atom. The second-order valence-electron chi connectivity index (χ2n) is 13.1. The number of nitrogens with one attached hydrogen (secondary N) is 1. The highest BCUT2D eigenvalue weighted by Crippen LogP contribution is 2.46. The zero-order valence-corrected chi connectivity index (χ0v) is 24.9. The van der Waals surface area contributed by atoms with Crippen LogP contribution in [0, 0.1) is 39.5 Å². The molecular weight excluding hydrogens is 596 g/mol. The Balaban J connectivity index is 1.34. The van der Waals surface area contributed by atoms with Crippen molar-refractivity contribution in [1.29, 1.82) is 0 Å². The van der Waals surface area contributed by atoms with Gasteiger partial charge in [-0.15, -0.1) is 6.42 Å². The summed E-state index contributed by atoms with van der Waals surface area (Å²) in [4.78, 5) is 23.2. The summed E-state index contributed by atoms with van der Waals surface area (Å²) in [5.41, 5.74) is -1.73. The predicted octanol–water partition coefficient (Wildman–Crippen LogP) is 5.60. The number of ether oxygens (including phenoxy) is 2. The highest BCUT2D eigenvalue weighted by Gasteiger charge is 2.42. The lowest BCUT2D eigenvalue weighted by Crippen LogP contribution is -2.51. The highest BCUT2D eigenvalue weighted by atomic mass is 19.1. The molecule has 9 rings (SSSR count). The molecule has 5 aliphatic rings. The summed E-state index contributed by atoms with van der Waals surface area (Å²) in [6, 6.07) is 6.66. The van der Waals surface area contributed by atoms with E-state index in [0.29, 0.717) is 37.5 Å². The van der Waals surface area contributed by atoms with E-state index in [1.54, 1.807) is 0 Å². The molecule has 236 valence electrons. The molecule has 4 bridgehead atoms. The third-order valence-electron chi connectivity index (χ3n) is 10.2. The minimum atomic E-state index is -1.02. The normalized spacial score (nSPS) is 25.2. The molecule has 12 heteroatoms. The van der Waals surface area contributed by atoms with E-state index < -0.39 is 27.8 Å². The lowest BCUT2D eigenvalue weighted by atomic mass is 9.72. The summed E-state index contributed by atoms with van der Waals surface area (Å²) in [5, 5.41) is 27.3. The van der Waals surface area contributed by atoms with E-state index in [-0.39, 0.29) is 62.8 Å². The van der Waals surface area contributed by atoms with E-state index in [1.165, 1.54) is 18.2 Å². The highest BCUT2D eigenvalue weighted by molar-refractivity contribution is 6.06. The van der Waals surface area contributed by atoms with E-state index in [9.17, 15) is 19.6 Å². The molecule has 3 aromatic carbocycles. The van der Waals surface area contributed by atoms with Crippen molar-refractivity contribution in [1.82, 2.24) is 15.3 Å². The Bertz CT molecular complexity index is 1950. The number of halogens is 2. The van der Waals surface area contributed by atoms with E-state index in [0.717, 1.165) is 50.7 Å². The fraction of sp³-hybridized carbons (Fsp3) is 0.412. The number of phenolic OH excluding ortho intramolecular Hbond substituents is 1. The maximum absolute atomic E-state index is 17.1. The molecule has 5 heterocycles. The molecular formula is C34H31F2N5O5. The predicted molar refractivity (Wildman–Crippen MR) is 167 cm³/mol. The number of aromatic hydroxyl groups is 1. The minimum absolute atomic E-state index is 0.0368. The molecule has 0 amide bonds. The first-order chi connectivity index (χ1) is 22.2. The van der Waals surface area contributed by atoms with E-state index in [1.807, 2.05) is 4.90 Å². The maximum atomic E-state index is 17.1. The van der Waals surface area contributed by atoms with Gasteiger partial charge in [-0.3, -0.25) is 10.1 Å². The van der Waals surface area contributed by atoms with Gasteiger partial charge in [-0.1, -0.05) is 12.0 Å². The Morgan fingerprint density at radius 2 is 1.91 bits per heavy atom. The summed E-state index contributed by atoms with van der Waals surface area (Å²) in [6.45, 7) is 2.03. The van der Waals surface area contributed by atoms with E-state index in [2.05, 4.69) is 16.2 Å². The average Bonchev–Trinajstić information content (AvgIpc) is 3.41. The molecule has 5 fully saturated rings. The molecule has 2 N–H and O–H groups in total. The van der Waals surface area contributed by atoms with Crippen LogP contribution in [0.1, 0.15) is 44.1 Å². The number of piperazine rings is 1. The van der Waals surface area contributed by atoms with Crippen LogP contribution in [-0.2, 0) is 4.74 Å². The fourth-order valence-corrected chi connectivity index (χ4v) is 7.83. The van der Waals surface area contributed by atoms with Crippen molar-refractivity contribution in [2.24, 2.45) is 5.41 Å². The van der Waals surface area contributed by atoms with E-state index in [4.69, 9.17) is 20.9 Å². The van der Waals surface area contributed by atoms with Crippen molar-refractivity contribution in [3.05, 3.63) is 57.6 Å². The van der Waals surface area contributed by atoms with Crippen LogP contribution in [0.4, 0.5) is 20.3 Å². The van der Waals surface area contributed by atoms with Crippen molar-refractivity contribution in [2.45, 2.75) is 56.7 Å². The molecule has 1 aliphatic carbocycles. The van der Waals surface area contributed by atoms with E-state index >= 15 is 4.39 Å². The number of aromatic nitrogens is 2. The number of phenols is 1. The zero-order valence-electron chi connectivity index (χ0n) is 24.9. The molecule has 4 saturated heterocycles. The SMILES string of the molecule is C#Cc1c(F)ccc2cc(O)cc(-c3c([N+](=O)[O-])cc4c(N5C[C@H]6CC[C@@H](C5)N6)nc(OCC56CCC(CC5)OC6)nc4c3F)c12. The van der Waals surface area contributed by atoms with Crippen LogP contribution in [0.5, 0.6) is 11.8 Å². The molecule has 0 spiro atoms. The van der Waals surface area contributed by atoms with Gasteiger partial charge in [0.05, 0.1) is 40.8 Å². The molecule has 46 heavy (non-hydrogen) atoms. The summed E-state index contributed by atoms with van der Waals surface area (Å²) in [7, 11) is 0.